The summed E-state index contributed by atoms with van der Waals surface area (Å²) in [6, 6.07) is 17.3. The molecule has 0 unspecified atom stereocenters. The molecule has 3 fully saturated rings. The number of hydrogen-bond donors (Lipinski definition) is 1. The summed E-state index contributed by atoms with van der Waals surface area (Å²) in [6.07, 6.45) is 12.7. The third-order valence-corrected chi connectivity index (χ3v) is 13.8. The predicted octanol–water partition coefficient (Wildman–Crippen LogP) is 8.55. The van der Waals surface area contributed by atoms with Crippen LogP contribution < -0.4 is 5.32 Å². The van der Waals surface area contributed by atoms with Gasteiger partial charge in [0.2, 0.25) is 11.8 Å². The molecule has 9 nitrogen and oxygen atoms in total. The number of rotatable bonds is 12. The summed E-state index contributed by atoms with van der Waals surface area (Å²) in [4.78, 5) is 55.5. The van der Waals surface area contributed by atoms with Crippen LogP contribution in [0.5, 0.6) is 0 Å². The van der Waals surface area contributed by atoms with Crippen LogP contribution in [0.4, 0.5) is 0 Å². The van der Waals surface area contributed by atoms with E-state index in [0.717, 1.165) is 65.1 Å². The van der Waals surface area contributed by atoms with Gasteiger partial charge in [0.15, 0.2) is 0 Å². The molecule has 3 aromatic rings. The number of benzene rings is 2. The van der Waals surface area contributed by atoms with E-state index in [4.69, 9.17) is 14.7 Å². The van der Waals surface area contributed by atoms with Crippen LogP contribution in [0.1, 0.15) is 94.3 Å². The standard InChI is InChI=1S/C45H51N5O4S/c1-26(2)36(23-40(51)54-4)45(53)50-18-5-6-39(50)37-21-34(24-47-37)30-11-7-28(8-12-30)29-9-13-31(14-10-29)35-22-38(48-25-35)41-32-15-16-33(20-32)42(41)43(52)49-27(3)44-46-17-19-55-44/h7-14,17,19,24-27,32-33,36,39,41-42H,5-6,15-16,18,20-23H2,1-4H3,(H,49,52)/t27-,32-,33+,36-,39-,41-,42+/m0/s1. The number of esters is 1. The van der Waals surface area contributed by atoms with Crippen LogP contribution in [-0.4, -0.2) is 58.8 Å². The fraction of sp³-hybridized carbons (Fsp3) is 0.467. The zero-order valence-electron chi connectivity index (χ0n) is 32.2. The van der Waals surface area contributed by atoms with Crippen molar-refractivity contribution in [1.29, 1.82) is 0 Å². The summed E-state index contributed by atoms with van der Waals surface area (Å²) in [5, 5.41) is 6.18. The second kappa shape index (κ2) is 15.8. The van der Waals surface area contributed by atoms with Gasteiger partial charge in [-0.15, -0.1) is 11.3 Å². The third kappa shape index (κ3) is 7.50. The molecule has 7 atom stereocenters. The lowest BCUT2D eigenvalue weighted by atomic mass is 9.75. The number of amides is 2. The number of aliphatic imine (C=N–C) groups is 2. The quantitative estimate of drug-likeness (QED) is 0.186. The number of carbonyl (C=O) groups excluding carboxylic acids is 3. The zero-order chi connectivity index (χ0) is 38.2. The van der Waals surface area contributed by atoms with Crippen molar-refractivity contribution >= 4 is 51.7 Å². The molecule has 10 heteroatoms. The minimum atomic E-state index is -0.395. The SMILES string of the molecule is COC(=O)C[C@H](C(=O)N1CCC[C@H]1C1=NC=C(c2ccc(-c3ccc(C4=CN=C([C@@H]5[C@H]6CC[C@H](C6)[C@H]5C(=O)N[C@@H](C)c5nccs5)C4)cc3)cc2)C1)C(C)C. The molecule has 5 aliphatic rings. The Morgan fingerprint density at radius 2 is 1.47 bits per heavy atom. The first-order valence-electron chi connectivity index (χ1n) is 20.0. The van der Waals surface area contributed by atoms with E-state index in [9.17, 15) is 14.4 Å². The van der Waals surface area contributed by atoms with Crippen molar-refractivity contribution < 1.29 is 19.1 Å². The van der Waals surface area contributed by atoms with Crippen LogP contribution in [-0.2, 0) is 19.1 Å². The lowest BCUT2D eigenvalue weighted by Gasteiger charge is -2.31. The first-order valence-corrected chi connectivity index (χ1v) is 20.9. The van der Waals surface area contributed by atoms with Crippen molar-refractivity contribution in [3.63, 3.8) is 0 Å². The Bertz CT molecular complexity index is 2050. The van der Waals surface area contributed by atoms with E-state index < -0.39 is 5.92 Å². The van der Waals surface area contributed by atoms with E-state index in [-0.39, 0.29) is 54.0 Å². The van der Waals surface area contributed by atoms with Gasteiger partial charge in [-0.25, -0.2) is 4.98 Å². The van der Waals surface area contributed by atoms with Crippen LogP contribution in [0.25, 0.3) is 22.3 Å². The molecule has 2 saturated carbocycles. The number of allylic oxidation sites excluding steroid dienone is 2. The molecule has 0 spiro atoms. The first-order chi connectivity index (χ1) is 26.7. The number of carbonyl (C=O) groups is 3. The Hall–Kier alpha value is -4.70. The molecule has 2 amide bonds. The summed E-state index contributed by atoms with van der Waals surface area (Å²) < 4.78 is 4.89. The number of fused-ring (bicyclic) bond motifs is 2. The Kier molecular flexibility index (Phi) is 10.7. The average molecular weight is 758 g/mol. The van der Waals surface area contributed by atoms with Gasteiger partial charge in [-0.3, -0.25) is 24.4 Å². The van der Waals surface area contributed by atoms with Gasteiger partial charge in [-0.05, 0) is 90.2 Å². The van der Waals surface area contributed by atoms with Gasteiger partial charge in [0.1, 0.15) is 5.01 Å². The average Bonchev–Trinajstić information content (AvgIpc) is 4.06. The van der Waals surface area contributed by atoms with Gasteiger partial charge in [0.05, 0.1) is 31.5 Å². The van der Waals surface area contributed by atoms with Crippen molar-refractivity contribution in [2.45, 2.75) is 84.2 Å². The summed E-state index contributed by atoms with van der Waals surface area (Å²) >= 11 is 1.58. The Morgan fingerprint density at radius 1 is 0.855 bits per heavy atom. The lowest BCUT2D eigenvalue weighted by Crippen LogP contribution is -2.45. The number of nitrogens with one attached hydrogen (secondary N) is 1. The maximum atomic E-state index is 13.7. The normalized spacial score (nSPS) is 25.4. The van der Waals surface area contributed by atoms with Crippen molar-refractivity contribution in [3.05, 3.63) is 88.6 Å². The smallest absolute Gasteiger partial charge is 0.306 e. The second-order valence-electron chi connectivity index (χ2n) is 16.4. The highest BCUT2D eigenvalue weighted by Crippen LogP contribution is 2.54. The van der Waals surface area contributed by atoms with E-state index >= 15 is 0 Å². The molecule has 1 saturated heterocycles. The van der Waals surface area contributed by atoms with Crippen LogP contribution in [0.3, 0.4) is 0 Å². The fourth-order valence-corrected chi connectivity index (χ4v) is 10.5. The summed E-state index contributed by atoms with van der Waals surface area (Å²) in [6.45, 7) is 6.70. The van der Waals surface area contributed by atoms with Gasteiger partial charge >= 0.3 is 5.97 Å². The topological polar surface area (TPSA) is 113 Å². The van der Waals surface area contributed by atoms with Crippen LogP contribution >= 0.6 is 11.3 Å². The molecule has 3 aliphatic heterocycles. The molecule has 2 bridgehead atoms. The summed E-state index contributed by atoms with van der Waals surface area (Å²) in [5.41, 5.74) is 9.16. The molecular weight excluding hydrogens is 707 g/mol. The highest BCUT2D eigenvalue weighted by molar-refractivity contribution is 7.09. The highest BCUT2D eigenvalue weighted by atomic mass is 32.1. The second-order valence-corrected chi connectivity index (χ2v) is 17.3. The van der Waals surface area contributed by atoms with E-state index in [1.165, 1.54) is 30.4 Å². The van der Waals surface area contributed by atoms with Crippen molar-refractivity contribution in [3.8, 4) is 11.1 Å². The summed E-state index contributed by atoms with van der Waals surface area (Å²) in [7, 11) is 1.37. The molecular formula is C45H51N5O4S. The van der Waals surface area contributed by atoms with E-state index in [2.05, 4.69) is 58.8 Å². The van der Waals surface area contributed by atoms with Gasteiger partial charge in [0, 0.05) is 66.6 Å². The Labute approximate surface area is 328 Å². The molecule has 2 aromatic carbocycles. The molecule has 2 aliphatic carbocycles. The zero-order valence-corrected chi connectivity index (χ0v) is 33.1. The van der Waals surface area contributed by atoms with Gasteiger partial charge < -0.3 is 15.0 Å². The van der Waals surface area contributed by atoms with Crippen LogP contribution in [0, 0.1) is 35.5 Å². The monoisotopic (exact) mass is 757 g/mol. The molecule has 8 rings (SSSR count). The van der Waals surface area contributed by atoms with Gasteiger partial charge in [0.25, 0.3) is 0 Å². The summed E-state index contributed by atoms with van der Waals surface area (Å²) in [5.74, 6) is 0.649. The largest absolute Gasteiger partial charge is 0.469 e. The number of hydrogen-bond acceptors (Lipinski definition) is 8. The van der Waals surface area contributed by atoms with Crippen LogP contribution in [0.2, 0.25) is 0 Å². The number of thiazole rings is 1. The van der Waals surface area contributed by atoms with E-state index in [0.29, 0.717) is 24.8 Å². The number of methoxy groups -OCH3 is 1. The highest BCUT2D eigenvalue weighted by Gasteiger charge is 2.53. The maximum absolute atomic E-state index is 13.7. The van der Waals surface area contributed by atoms with Gasteiger partial charge in [-0.2, -0.15) is 0 Å². The molecule has 1 N–H and O–H groups in total. The fourth-order valence-electron chi connectivity index (χ4n) is 9.84. The molecule has 4 heterocycles. The molecule has 1 aromatic heterocycles. The Morgan fingerprint density at radius 3 is 2.09 bits per heavy atom. The molecule has 286 valence electrons. The number of likely N-dealkylation sites (tertiary alicyclic amines) is 1. The number of ether oxygens (including phenoxy) is 1. The van der Waals surface area contributed by atoms with Crippen molar-refractivity contribution in [2.24, 2.45) is 45.5 Å². The van der Waals surface area contributed by atoms with Crippen LogP contribution in [0.15, 0.2) is 82.5 Å². The lowest BCUT2D eigenvalue weighted by molar-refractivity contribution is -0.148. The molecule has 0 radical (unpaired) electrons. The van der Waals surface area contributed by atoms with Crippen molar-refractivity contribution in [1.82, 2.24) is 15.2 Å². The first kappa shape index (κ1) is 37.2. The van der Waals surface area contributed by atoms with Crippen molar-refractivity contribution in [2.75, 3.05) is 13.7 Å². The van der Waals surface area contributed by atoms with E-state index in [1.54, 1.807) is 17.5 Å². The van der Waals surface area contributed by atoms with E-state index in [1.807, 2.05) is 43.5 Å². The van der Waals surface area contributed by atoms with Gasteiger partial charge in [-0.1, -0.05) is 62.4 Å². The maximum Gasteiger partial charge on any atom is 0.306 e. The minimum absolute atomic E-state index is 0.0143. The third-order valence-electron chi connectivity index (χ3n) is 12.8. The Balaban J connectivity index is 0.868. The minimum Gasteiger partial charge on any atom is -0.469 e. The molecule has 55 heavy (non-hydrogen) atoms. The number of nitrogens with zero attached hydrogens (tertiary/aromatic N) is 4. The predicted molar refractivity (Wildman–Crippen MR) is 218 cm³/mol. The number of aromatic nitrogens is 1.